The van der Waals surface area contributed by atoms with E-state index in [4.69, 9.17) is 4.74 Å². The Labute approximate surface area is 142 Å². The van der Waals surface area contributed by atoms with Crippen molar-refractivity contribution in [3.05, 3.63) is 29.8 Å². The van der Waals surface area contributed by atoms with E-state index in [1.54, 1.807) is 13.8 Å². The van der Waals surface area contributed by atoms with Crippen LogP contribution in [0.4, 0.5) is 18.0 Å². The number of ether oxygens (including phenoxy) is 1. The van der Waals surface area contributed by atoms with Gasteiger partial charge in [-0.3, -0.25) is 19.4 Å². The molecule has 1 heterocycles. The summed E-state index contributed by atoms with van der Waals surface area (Å²) in [5, 5.41) is 0. The lowest BCUT2D eigenvalue weighted by atomic mass is 10.2. The van der Waals surface area contributed by atoms with E-state index in [-0.39, 0.29) is 25.3 Å². The SMILES string of the molecule is CC(C)N1C(=O)C(=O)N(CCCOc2cccc(C(F)(F)F)c2)C1=O. The van der Waals surface area contributed by atoms with Crippen LogP contribution in [-0.4, -0.2) is 46.8 Å². The van der Waals surface area contributed by atoms with E-state index in [0.717, 1.165) is 21.9 Å². The topological polar surface area (TPSA) is 66.9 Å². The number of halogens is 3. The Bertz CT molecular complexity index is 688. The summed E-state index contributed by atoms with van der Waals surface area (Å²) < 4.78 is 43.1. The first-order valence-electron chi connectivity index (χ1n) is 7.62. The Kier molecular flexibility index (Phi) is 5.34. The Morgan fingerprint density at radius 2 is 1.80 bits per heavy atom. The first-order chi connectivity index (χ1) is 11.6. The number of amides is 4. The van der Waals surface area contributed by atoms with E-state index >= 15 is 0 Å². The minimum Gasteiger partial charge on any atom is -0.494 e. The fourth-order valence-corrected chi connectivity index (χ4v) is 2.35. The number of rotatable bonds is 6. The first kappa shape index (κ1) is 18.8. The van der Waals surface area contributed by atoms with Crippen molar-refractivity contribution in [1.82, 2.24) is 9.80 Å². The molecule has 0 aliphatic carbocycles. The van der Waals surface area contributed by atoms with E-state index in [1.807, 2.05) is 0 Å². The van der Waals surface area contributed by atoms with Crippen molar-refractivity contribution < 1.29 is 32.3 Å². The quantitative estimate of drug-likeness (QED) is 0.445. The predicted octanol–water partition coefficient (Wildman–Crippen LogP) is 2.67. The standard InChI is InChI=1S/C16H17F3N2O4/c1-10(2)21-14(23)13(22)20(15(21)24)7-4-8-25-12-6-3-5-11(9-12)16(17,18)19/h3,5-6,9-10H,4,7-8H2,1-2H3. The van der Waals surface area contributed by atoms with Gasteiger partial charge in [0.05, 0.1) is 12.2 Å². The normalized spacial score (nSPS) is 15.5. The molecule has 0 spiro atoms. The van der Waals surface area contributed by atoms with Gasteiger partial charge in [0.2, 0.25) is 0 Å². The van der Waals surface area contributed by atoms with Crippen LogP contribution in [0.5, 0.6) is 5.75 Å². The molecule has 2 rings (SSSR count). The Morgan fingerprint density at radius 1 is 1.12 bits per heavy atom. The molecule has 0 saturated carbocycles. The summed E-state index contributed by atoms with van der Waals surface area (Å²) in [7, 11) is 0. The van der Waals surface area contributed by atoms with Gasteiger partial charge in [-0.25, -0.2) is 4.79 Å². The zero-order chi connectivity index (χ0) is 18.8. The summed E-state index contributed by atoms with van der Waals surface area (Å²) in [4.78, 5) is 37.2. The fraction of sp³-hybridized carbons (Fsp3) is 0.438. The highest BCUT2D eigenvalue weighted by Gasteiger charge is 2.45. The van der Waals surface area contributed by atoms with Gasteiger partial charge in [0.15, 0.2) is 0 Å². The second-order valence-corrected chi connectivity index (χ2v) is 5.74. The molecule has 25 heavy (non-hydrogen) atoms. The average Bonchev–Trinajstić information content (AvgIpc) is 2.74. The molecule has 0 bridgehead atoms. The van der Waals surface area contributed by atoms with Crippen LogP contribution in [0, 0.1) is 0 Å². The molecule has 0 aromatic heterocycles. The van der Waals surface area contributed by atoms with Crippen LogP contribution in [0.25, 0.3) is 0 Å². The second kappa shape index (κ2) is 7.12. The van der Waals surface area contributed by atoms with Gasteiger partial charge in [-0.2, -0.15) is 13.2 Å². The molecule has 0 atom stereocenters. The van der Waals surface area contributed by atoms with E-state index in [9.17, 15) is 27.6 Å². The largest absolute Gasteiger partial charge is 0.494 e. The lowest BCUT2D eigenvalue weighted by molar-refractivity contribution is -0.143. The Morgan fingerprint density at radius 3 is 2.36 bits per heavy atom. The van der Waals surface area contributed by atoms with Crippen molar-refractivity contribution >= 4 is 17.8 Å². The molecule has 1 aliphatic heterocycles. The van der Waals surface area contributed by atoms with Crippen molar-refractivity contribution in [3.8, 4) is 5.75 Å². The summed E-state index contributed by atoms with van der Waals surface area (Å²) in [5.41, 5.74) is -0.826. The van der Waals surface area contributed by atoms with Gasteiger partial charge in [-0.05, 0) is 38.5 Å². The van der Waals surface area contributed by atoms with Gasteiger partial charge < -0.3 is 4.74 Å². The maximum atomic E-state index is 12.6. The highest BCUT2D eigenvalue weighted by atomic mass is 19.4. The third-order valence-corrected chi connectivity index (χ3v) is 3.56. The molecule has 0 radical (unpaired) electrons. The van der Waals surface area contributed by atoms with Crippen molar-refractivity contribution in [2.45, 2.75) is 32.5 Å². The van der Waals surface area contributed by atoms with Crippen LogP contribution >= 0.6 is 0 Å². The summed E-state index contributed by atoms with van der Waals surface area (Å²) >= 11 is 0. The molecule has 1 aromatic rings. The summed E-state index contributed by atoms with van der Waals surface area (Å²) in [6.45, 7) is 3.17. The van der Waals surface area contributed by atoms with E-state index < -0.39 is 35.6 Å². The van der Waals surface area contributed by atoms with Gasteiger partial charge in [0, 0.05) is 12.6 Å². The van der Waals surface area contributed by atoms with Gasteiger partial charge >= 0.3 is 24.0 Å². The van der Waals surface area contributed by atoms with Crippen LogP contribution < -0.4 is 4.74 Å². The maximum Gasteiger partial charge on any atom is 0.416 e. The number of alkyl halides is 3. The number of nitrogens with zero attached hydrogens (tertiary/aromatic N) is 2. The van der Waals surface area contributed by atoms with Crippen LogP contribution in [0.1, 0.15) is 25.8 Å². The Hall–Kier alpha value is -2.58. The lowest BCUT2D eigenvalue weighted by Crippen LogP contribution is -2.38. The average molecular weight is 358 g/mol. The molecule has 1 fully saturated rings. The number of benzene rings is 1. The van der Waals surface area contributed by atoms with Crippen molar-refractivity contribution in [1.29, 1.82) is 0 Å². The summed E-state index contributed by atoms with van der Waals surface area (Å²) in [5.74, 6) is -1.75. The van der Waals surface area contributed by atoms with Gasteiger partial charge in [0.1, 0.15) is 5.75 Å². The zero-order valence-corrected chi connectivity index (χ0v) is 13.7. The third-order valence-electron chi connectivity index (χ3n) is 3.56. The molecule has 9 heteroatoms. The van der Waals surface area contributed by atoms with E-state index in [0.29, 0.717) is 0 Å². The molecule has 0 unspecified atom stereocenters. The van der Waals surface area contributed by atoms with Crippen LogP contribution in [0.2, 0.25) is 0 Å². The molecule has 4 amide bonds. The van der Waals surface area contributed by atoms with E-state index in [1.165, 1.54) is 12.1 Å². The van der Waals surface area contributed by atoms with Crippen molar-refractivity contribution in [3.63, 3.8) is 0 Å². The zero-order valence-electron chi connectivity index (χ0n) is 13.7. The molecular weight excluding hydrogens is 341 g/mol. The van der Waals surface area contributed by atoms with Crippen LogP contribution in [0.3, 0.4) is 0 Å². The monoisotopic (exact) mass is 358 g/mol. The summed E-state index contributed by atoms with van der Waals surface area (Å²) in [6.07, 6.45) is -4.28. The molecule has 1 aromatic carbocycles. The lowest BCUT2D eigenvalue weighted by Gasteiger charge is -2.18. The molecule has 6 nitrogen and oxygen atoms in total. The minimum absolute atomic E-state index is 0.00571. The number of imide groups is 2. The predicted molar refractivity (Wildman–Crippen MR) is 80.6 cm³/mol. The minimum atomic E-state index is -4.46. The van der Waals surface area contributed by atoms with Crippen molar-refractivity contribution in [2.75, 3.05) is 13.2 Å². The number of carbonyl (C=O) groups excluding carboxylic acids is 3. The van der Waals surface area contributed by atoms with E-state index in [2.05, 4.69) is 0 Å². The third kappa shape index (κ3) is 4.09. The van der Waals surface area contributed by atoms with Crippen LogP contribution in [-0.2, 0) is 15.8 Å². The number of hydrogen-bond donors (Lipinski definition) is 0. The molecule has 0 N–H and O–H groups in total. The van der Waals surface area contributed by atoms with Crippen molar-refractivity contribution in [2.24, 2.45) is 0 Å². The first-order valence-corrected chi connectivity index (χ1v) is 7.62. The number of hydrogen-bond acceptors (Lipinski definition) is 4. The van der Waals surface area contributed by atoms with Gasteiger partial charge in [0.25, 0.3) is 0 Å². The summed E-state index contributed by atoms with van der Waals surface area (Å²) in [6, 6.07) is 3.28. The highest BCUT2D eigenvalue weighted by Crippen LogP contribution is 2.31. The fourth-order valence-electron chi connectivity index (χ4n) is 2.35. The number of urea groups is 1. The second-order valence-electron chi connectivity index (χ2n) is 5.74. The molecule has 1 saturated heterocycles. The van der Waals surface area contributed by atoms with Gasteiger partial charge in [-0.1, -0.05) is 6.07 Å². The van der Waals surface area contributed by atoms with Crippen LogP contribution in [0.15, 0.2) is 24.3 Å². The van der Waals surface area contributed by atoms with Gasteiger partial charge in [-0.15, -0.1) is 0 Å². The molecular formula is C16H17F3N2O4. The highest BCUT2D eigenvalue weighted by molar-refractivity contribution is 6.44. The molecule has 136 valence electrons. The smallest absolute Gasteiger partial charge is 0.416 e. The maximum absolute atomic E-state index is 12.6. The number of carbonyl (C=O) groups is 3. The Balaban J connectivity index is 1.89. The molecule has 1 aliphatic rings.